The third kappa shape index (κ3) is 4.57. The molecule has 0 bridgehead atoms. The Bertz CT molecular complexity index is 732. The van der Waals surface area contributed by atoms with Crippen LogP contribution in [0.5, 0.6) is 0 Å². The molecule has 124 valence electrons. The molecule has 0 amide bonds. The van der Waals surface area contributed by atoms with E-state index in [1.807, 2.05) is 30.3 Å². The van der Waals surface area contributed by atoms with Crippen LogP contribution < -0.4 is 5.73 Å². The third-order valence-electron chi connectivity index (χ3n) is 3.35. The molecule has 0 spiro atoms. The first-order valence-electron chi connectivity index (χ1n) is 7.13. The monoisotopic (exact) mass is 340 g/mol. The number of halogens is 2. The highest BCUT2D eigenvalue weighted by Gasteiger charge is 2.25. The SMILES string of the molecule is NCCN(CCc1ccccc1)S(=O)(=O)c1cc(F)cc(F)c1. The van der Waals surface area contributed by atoms with Crippen molar-refractivity contribution in [2.24, 2.45) is 5.73 Å². The van der Waals surface area contributed by atoms with Gasteiger partial charge in [0.15, 0.2) is 0 Å². The fourth-order valence-electron chi connectivity index (χ4n) is 2.22. The second-order valence-corrected chi connectivity index (χ2v) is 6.97. The van der Waals surface area contributed by atoms with Crippen molar-refractivity contribution in [3.63, 3.8) is 0 Å². The third-order valence-corrected chi connectivity index (χ3v) is 5.22. The minimum absolute atomic E-state index is 0.0767. The molecule has 0 radical (unpaired) electrons. The van der Waals surface area contributed by atoms with Crippen molar-refractivity contribution in [3.05, 3.63) is 65.7 Å². The summed E-state index contributed by atoms with van der Waals surface area (Å²) in [6.07, 6.45) is 0.484. The minimum atomic E-state index is -4.01. The normalized spacial score (nSPS) is 11.8. The lowest BCUT2D eigenvalue weighted by Crippen LogP contribution is -2.37. The van der Waals surface area contributed by atoms with Gasteiger partial charge in [-0.25, -0.2) is 17.2 Å². The van der Waals surface area contributed by atoms with Crippen molar-refractivity contribution in [3.8, 4) is 0 Å². The summed E-state index contributed by atoms with van der Waals surface area (Å²) in [5.41, 5.74) is 6.45. The van der Waals surface area contributed by atoms with Crippen LogP contribution in [0.2, 0.25) is 0 Å². The van der Waals surface area contributed by atoms with Crippen molar-refractivity contribution < 1.29 is 17.2 Å². The van der Waals surface area contributed by atoms with Gasteiger partial charge < -0.3 is 5.73 Å². The number of nitrogens with zero attached hydrogens (tertiary/aromatic N) is 1. The van der Waals surface area contributed by atoms with E-state index >= 15 is 0 Å². The quantitative estimate of drug-likeness (QED) is 0.840. The standard InChI is InChI=1S/C16H18F2N2O2S/c17-14-10-15(18)12-16(11-14)23(21,22)20(9-7-19)8-6-13-4-2-1-3-5-13/h1-5,10-12H,6-9,19H2. The van der Waals surface area contributed by atoms with Crippen molar-refractivity contribution in [1.82, 2.24) is 4.31 Å². The van der Waals surface area contributed by atoms with E-state index in [4.69, 9.17) is 5.73 Å². The Kier molecular flexibility index (Phi) is 5.81. The zero-order valence-electron chi connectivity index (χ0n) is 12.5. The summed E-state index contributed by atoms with van der Waals surface area (Å²) in [5, 5.41) is 0. The van der Waals surface area contributed by atoms with Gasteiger partial charge in [0.25, 0.3) is 0 Å². The lowest BCUT2D eigenvalue weighted by atomic mass is 10.1. The van der Waals surface area contributed by atoms with Gasteiger partial charge in [0.1, 0.15) is 11.6 Å². The first-order chi connectivity index (χ1) is 10.9. The van der Waals surface area contributed by atoms with Crippen molar-refractivity contribution in [2.75, 3.05) is 19.6 Å². The number of sulfonamides is 1. The molecule has 0 saturated heterocycles. The summed E-state index contributed by atoms with van der Waals surface area (Å²) in [4.78, 5) is -0.406. The van der Waals surface area contributed by atoms with Crippen LogP contribution in [-0.2, 0) is 16.4 Å². The maximum Gasteiger partial charge on any atom is 0.243 e. The number of hydrogen-bond donors (Lipinski definition) is 1. The van der Waals surface area contributed by atoms with E-state index in [0.29, 0.717) is 12.5 Å². The molecule has 7 heteroatoms. The summed E-state index contributed by atoms with van der Waals surface area (Å²) in [6.45, 7) is 0.376. The smallest absolute Gasteiger partial charge is 0.243 e. The Morgan fingerprint density at radius 2 is 1.57 bits per heavy atom. The second kappa shape index (κ2) is 7.63. The van der Waals surface area contributed by atoms with Crippen LogP contribution in [0.1, 0.15) is 5.56 Å². The Labute approximate surface area is 134 Å². The zero-order chi connectivity index (χ0) is 16.9. The van der Waals surface area contributed by atoms with E-state index in [0.717, 1.165) is 22.0 Å². The summed E-state index contributed by atoms with van der Waals surface area (Å²) in [7, 11) is -4.01. The van der Waals surface area contributed by atoms with Crippen LogP contribution in [0.15, 0.2) is 53.4 Å². The Balaban J connectivity index is 2.24. The number of hydrogen-bond acceptors (Lipinski definition) is 3. The molecule has 0 aliphatic heterocycles. The molecule has 0 aromatic heterocycles. The topological polar surface area (TPSA) is 63.4 Å². The predicted octanol–water partition coefficient (Wildman–Crippen LogP) is 2.16. The molecule has 4 nitrogen and oxygen atoms in total. The molecule has 0 unspecified atom stereocenters. The molecule has 2 N–H and O–H groups in total. The van der Waals surface area contributed by atoms with Gasteiger partial charge in [-0.1, -0.05) is 30.3 Å². The van der Waals surface area contributed by atoms with Crippen molar-refractivity contribution in [2.45, 2.75) is 11.3 Å². The van der Waals surface area contributed by atoms with Gasteiger partial charge in [-0.15, -0.1) is 0 Å². The predicted molar refractivity (Wildman–Crippen MR) is 84.3 cm³/mol. The molecule has 0 aliphatic carbocycles. The van der Waals surface area contributed by atoms with Gasteiger partial charge in [-0.3, -0.25) is 0 Å². The van der Waals surface area contributed by atoms with Crippen LogP contribution in [0.4, 0.5) is 8.78 Å². The van der Waals surface area contributed by atoms with Crippen LogP contribution in [0.25, 0.3) is 0 Å². The molecule has 0 saturated carbocycles. The Morgan fingerprint density at radius 3 is 2.13 bits per heavy atom. The number of nitrogens with two attached hydrogens (primary N) is 1. The lowest BCUT2D eigenvalue weighted by molar-refractivity contribution is 0.420. The van der Waals surface area contributed by atoms with Gasteiger partial charge in [0.05, 0.1) is 4.90 Å². The summed E-state index contributed by atoms with van der Waals surface area (Å²) in [6, 6.07) is 11.6. The highest BCUT2D eigenvalue weighted by Crippen LogP contribution is 2.19. The fourth-order valence-corrected chi connectivity index (χ4v) is 3.72. The molecule has 2 aromatic carbocycles. The highest BCUT2D eigenvalue weighted by atomic mass is 32.2. The van der Waals surface area contributed by atoms with Crippen LogP contribution in [0, 0.1) is 11.6 Å². The number of rotatable bonds is 7. The number of benzene rings is 2. The summed E-state index contributed by atoms with van der Waals surface area (Å²) in [5.74, 6) is -1.86. The van der Waals surface area contributed by atoms with E-state index in [9.17, 15) is 17.2 Å². The van der Waals surface area contributed by atoms with E-state index in [1.165, 1.54) is 0 Å². The summed E-state index contributed by atoms with van der Waals surface area (Å²) >= 11 is 0. The highest BCUT2D eigenvalue weighted by molar-refractivity contribution is 7.89. The van der Waals surface area contributed by atoms with Gasteiger partial charge in [-0.05, 0) is 24.1 Å². The second-order valence-electron chi connectivity index (χ2n) is 5.03. The molecule has 0 aliphatic rings. The Morgan fingerprint density at radius 1 is 0.957 bits per heavy atom. The van der Waals surface area contributed by atoms with Crippen LogP contribution in [-0.4, -0.2) is 32.4 Å². The molecule has 2 aromatic rings. The van der Waals surface area contributed by atoms with E-state index in [2.05, 4.69) is 0 Å². The lowest BCUT2D eigenvalue weighted by Gasteiger charge is -2.21. The molecule has 2 rings (SSSR count). The largest absolute Gasteiger partial charge is 0.329 e. The van der Waals surface area contributed by atoms with Crippen LogP contribution in [0.3, 0.4) is 0 Å². The average Bonchev–Trinajstić information content (AvgIpc) is 2.51. The molecule has 0 fully saturated rings. The van der Waals surface area contributed by atoms with Gasteiger partial charge in [0.2, 0.25) is 10.0 Å². The minimum Gasteiger partial charge on any atom is -0.329 e. The maximum atomic E-state index is 13.3. The maximum absolute atomic E-state index is 13.3. The zero-order valence-corrected chi connectivity index (χ0v) is 13.3. The van der Waals surface area contributed by atoms with E-state index in [1.54, 1.807) is 0 Å². The van der Waals surface area contributed by atoms with Crippen molar-refractivity contribution in [1.29, 1.82) is 0 Å². The average molecular weight is 340 g/mol. The van der Waals surface area contributed by atoms with E-state index in [-0.39, 0.29) is 19.6 Å². The van der Waals surface area contributed by atoms with Gasteiger partial charge in [-0.2, -0.15) is 4.31 Å². The Hall–Kier alpha value is -1.83. The molecular weight excluding hydrogens is 322 g/mol. The van der Waals surface area contributed by atoms with E-state index < -0.39 is 26.6 Å². The first-order valence-corrected chi connectivity index (χ1v) is 8.58. The molecule has 0 heterocycles. The fraction of sp³-hybridized carbons (Fsp3) is 0.250. The molecular formula is C16H18F2N2O2S. The first kappa shape index (κ1) is 17.5. The molecule has 0 atom stereocenters. The van der Waals surface area contributed by atoms with Gasteiger partial charge >= 0.3 is 0 Å². The van der Waals surface area contributed by atoms with Gasteiger partial charge in [0, 0.05) is 25.7 Å². The summed E-state index contributed by atoms with van der Waals surface area (Å²) < 4.78 is 52.9. The van der Waals surface area contributed by atoms with Crippen LogP contribution >= 0.6 is 0 Å². The molecule has 23 heavy (non-hydrogen) atoms. The van der Waals surface area contributed by atoms with Crippen molar-refractivity contribution >= 4 is 10.0 Å².